The zero-order valence-corrected chi connectivity index (χ0v) is 40.0. The van der Waals surface area contributed by atoms with Crippen molar-refractivity contribution in [3.05, 3.63) is 12.7 Å². The second-order valence-electron chi connectivity index (χ2n) is 14.9. The topological polar surface area (TPSA) is 505 Å². The van der Waals surface area contributed by atoms with Crippen molar-refractivity contribution < 1.29 is 105 Å². The van der Waals surface area contributed by atoms with Crippen molar-refractivity contribution in [1.29, 1.82) is 0 Å². The van der Waals surface area contributed by atoms with Crippen molar-refractivity contribution in [3.8, 4) is 0 Å². The third-order valence-corrected chi connectivity index (χ3v) is 14.5. The van der Waals surface area contributed by atoms with Gasteiger partial charge in [-0.05, 0) is 6.42 Å². The lowest BCUT2D eigenvalue weighted by atomic mass is 9.87. The zero-order chi connectivity index (χ0) is 51.2. The zero-order valence-electron chi connectivity index (χ0n) is 35.7. The molecule has 16 N–H and O–H groups in total. The summed E-state index contributed by atoms with van der Waals surface area (Å²) >= 11 is 0. The Labute approximate surface area is 392 Å². The molecule has 0 radical (unpaired) electrons. The Morgan fingerprint density at radius 1 is 0.926 bits per heavy atom. The number of nitrogens with zero attached hydrogens (tertiary/aromatic N) is 4. The molecule has 1 saturated heterocycles. The van der Waals surface area contributed by atoms with Gasteiger partial charge in [-0.3, -0.25) is 46.9 Å². The Morgan fingerprint density at radius 2 is 1.60 bits per heavy atom. The molecule has 9 unspecified atom stereocenters. The molecule has 1 aliphatic heterocycles. The number of anilines is 1. The first-order chi connectivity index (χ1) is 31.5. The van der Waals surface area contributed by atoms with Crippen LogP contribution in [0.1, 0.15) is 39.3 Å². The van der Waals surface area contributed by atoms with E-state index in [2.05, 4.69) is 45.1 Å². The van der Waals surface area contributed by atoms with Gasteiger partial charge in [-0.1, -0.05) is 35.4 Å². The molecule has 1 aliphatic rings. The number of nitrogen functional groups attached to an aromatic ring is 1. The number of amides is 4. The Morgan fingerprint density at radius 3 is 2.25 bits per heavy atom. The highest BCUT2D eigenvalue weighted by Gasteiger charge is 2.50. The van der Waals surface area contributed by atoms with E-state index < -0.39 is 127 Å². The Hall–Kier alpha value is -3.92. The summed E-state index contributed by atoms with van der Waals surface area (Å²) in [4.78, 5) is 122. The van der Waals surface area contributed by atoms with Gasteiger partial charge in [-0.15, -0.1) is 0 Å². The largest absolute Gasteiger partial charge is 0.481 e. The fourth-order valence-corrected chi connectivity index (χ4v) is 10.4. The number of hydrogen-bond donors (Lipinski definition) is 14. The molecular weight excluding hydrogens is 1020 g/mol. The molecule has 0 saturated carbocycles. The van der Waals surface area contributed by atoms with Crippen LogP contribution in [-0.2, 0) is 65.1 Å². The van der Waals surface area contributed by atoms with Crippen LogP contribution in [0.5, 0.6) is 0 Å². The van der Waals surface area contributed by atoms with Gasteiger partial charge < -0.3 is 77.5 Å². The number of nitrogens with one attached hydrogen (secondary N) is 4. The first-order valence-corrected chi connectivity index (χ1v) is 26.4. The van der Waals surface area contributed by atoms with Gasteiger partial charge in [0, 0.05) is 42.9 Å². The molecule has 4 amide bonds. The maximum absolute atomic E-state index is 12.7. The van der Waals surface area contributed by atoms with Gasteiger partial charge in [0.1, 0.15) is 54.9 Å². The molecule has 0 bridgehead atoms. The van der Waals surface area contributed by atoms with Crippen LogP contribution < -0.4 is 32.7 Å². The van der Waals surface area contributed by atoms with E-state index >= 15 is 0 Å². The summed E-state index contributed by atoms with van der Waals surface area (Å²) in [5, 5.41) is 48.7. The number of phosphoric ester groups is 3. The van der Waals surface area contributed by atoms with Gasteiger partial charge in [0.05, 0.1) is 19.5 Å². The lowest BCUT2D eigenvalue weighted by molar-refractivity contribution is -0.139. The number of ether oxygens (including phenoxy) is 1. The number of rotatable bonds is 30. The number of carboxylic acid groups (broad SMARTS) is 2. The number of aliphatic hydroxyl groups excluding tert-OH is 2. The average molecular weight is 1070 g/mol. The third-order valence-electron chi connectivity index (χ3n) is 8.97. The van der Waals surface area contributed by atoms with Crippen molar-refractivity contribution >= 4 is 97.6 Å². The minimum Gasteiger partial charge on any atom is -0.480 e. The summed E-state index contributed by atoms with van der Waals surface area (Å²) in [5.41, 5.74) is 9.53. The molecule has 384 valence electrons. The number of imidazole rings is 1. The highest BCUT2D eigenvalue weighted by molar-refractivity contribution is 8.76. The third kappa shape index (κ3) is 19.1. The predicted octanol–water partition coefficient (Wildman–Crippen LogP) is -3.34. The highest BCUT2D eigenvalue weighted by Crippen LogP contribution is 2.61. The molecule has 2 aromatic heterocycles. The molecule has 3 rings (SSSR count). The molecule has 0 aromatic carbocycles. The molecule has 32 nitrogen and oxygen atoms in total. The summed E-state index contributed by atoms with van der Waals surface area (Å²) in [5.74, 6) is -5.55. The summed E-state index contributed by atoms with van der Waals surface area (Å²) in [6.07, 6.45) is -7.80. The number of hydrogen-bond acceptors (Lipinski definition) is 23. The van der Waals surface area contributed by atoms with Crippen LogP contribution in [0.15, 0.2) is 12.7 Å². The predicted molar refractivity (Wildman–Crippen MR) is 232 cm³/mol. The number of phosphoric acid groups is 3. The lowest BCUT2D eigenvalue weighted by Gasteiger charge is -2.30. The minimum atomic E-state index is -5.63. The van der Waals surface area contributed by atoms with Crippen molar-refractivity contribution in [2.75, 3.05) is 50.1 Å². The molecule has 2 aromatic rings. The standard InChI is InChI=1S/C31H51N10O22P3S2/c1-31(2,24(47)28(49)35-6-5-18(42)34-7-8-67-68-11-16(27(48)36-9-20(44)45)40-19(43)4-3-15(32)30(50)51)12-60-66(57,58)63-65(55,56)59-10-17-23(62-64(52,53)54)22(46)29(61-17)41-14-39-21-25(33)37-13-38-26(21)41/h13-17,22-24,29,46-47H,3-12,32H2,1-2H3,(H,34,42)(H,35,49)(H,36,48)(H,40,43)(H,44,45)(H,50,51)(H,55,56)(H,57,58)(H2,33,37,38)(H2,52,53,54). The number of carboxylic acids is 2. The van der Waals surface area contributed by atoms with Crippen LogP contribution in [0.4, 0.5) is 5.82 Å². The minimum absolute atomic E-state index is 0.00488. The second kappa shape index (κ2) is 25.8. The Kier molecular flexibility index (Phi) is 22.2. The number of carbonyl (C=O) groups excluding carboxylic acids is 4. The number of aliphatic carboxylic acids is 2. The molecule has 3 heterocycles. The van der Waals surface area contributed by atoms with E-state index in [1.807, 2.05) is 0 Å². The molecule has 68 heavy (non-hydrogen) atoms. The number of fused-ring (bicyclic) bond motifs is 1. The van der Waals surface area contributed by atoms with Crippen molar-refractivity contribution in [2.24, 2.45) is 11.1 Å². The van der Waals surface area contributed by atoms with E-state index in [1.165, 1.54) is 24.6 Å². The van der Waals surface area contributed by atoms with Crippen LogP contribution >= 0.6 is 45.1 Å². The SMILES string of the molecule is CC(C)(COP(=O)(O)OP(=O)(O)OCC1OC(n2cnc3c(N)ncnc32)C(O)C1OP(=O)(O)O)C(O)C(=O)NCCC(=O)NCCSSCC(NC(=O)CCC(N)C(=O)O)C(=O)NCC(=O)O. The maximum atomic E-state index is 12.7. The van der Waals surface area contributed by atoms with Gasteiger partial charge in [-0.25, -0.2) is 28.6 Å². The average Bonchev–Trinajstić information content (AvgIpc) is 3.80. The van der Waals surface area contributed by atoms with E-state index in [0.29, 0.717) is 0 Å². The number of nitrogens with two attached hydrogens (primary N) is 2. The van der Waals surface area contributed by atoms with E-state index in [1.54, 1.807) is 0 Å². The van der Waals surface area contributed by atoms with E-state index in [-0.39, 0.29) is 60.8 Å². The van der Waals surface area contributed by atoms with Crippen LogP contribution in [0.3, 0.4) is 0 Å². The second-order valence-corrected chi connectivity index (χ2v) is 21.8. The van der Waals surface area contributed by atoms with Gasteiger partial charge >= 0.3 is 35.4 Å². The normalized spacial score (nSPS) is 20.6. The van der Waals surface area contributed by atoms with Crippen LogP contribution in [0, 0.1) is 5.41 Å². The Bertz CT molecular complexity index is 2260. The molecule has 9 atom stereocenters. The molecule has 1 fully saturated rings. The maximum Gasteiger partial charge on any atom is 0.481 e. The van der Waals surface area contributed by atoms with Gasteiger partial charge in [0.25, 0.3) is 0 Å². The highest BCUT2D eigenvalue weighted by atomic mass is 33.1. The molecule has 0 aliphatic carbocycles. The van der Waals surface area contributed by atoms with Gasteiger partial charge in [0.15, 0.2) is 17.7 Å². The summed E-state index contributed by atoms with van der Waals surface area (Å²) < 4.78 is 62.2. The number of aliphatic hydroxyl groups is 2. The van der Waals surface area contributed by atoms with Crippen LogP contribution in [-0.4, -0.2) is 176 Å². The number of aromatic nitrogens is 4. The monoisotopic (exact) mass is 1070 g/mol. The lowest BCUT2D eigenvalue weighted by Crippen LogP contribution is -2.49. The van der Waals surface area contributed by atoms with Gasteiger partial charge in [0.2, 0.25) is 23.6 Å². The van der Waals surface area contributed by atoms with Crippen molar-refractivity contribution in [3.63, 3.8) is 0 Å². The van der Waals surface area contributed by atoms with Crippen LogP contribution in [0.25, 0.3) is 11.2 Å². The van der Waals surface area contributed by atoms with Gasteiger partial charge in [-0.2, -0.15) is 4.31 Å². The van der Waals surface area contributed by atoms with Crippen LogP contribution in [0.2, 0.25) is 0 Å². The molecular formula is C31H51N10O22P3S2. The van der Waals surface area contributed by atoms with Crippen molar-refractivity contribution in [1.82, 2.24) is 40.8 Å². The number of carbonyl (C=O) groups is 6. The molecule has 0 spiro atoms. The summed E-state index contributed by atoms with van der Waals surface area (Å²) in [6, 6.07) is -2.49. The smallest absolute Gasteiger partial charge is 0.480 e. The first kappa shape index (κ1) is 58.4. The summed E-state index contributed by atoms with van der Waals surface area (Å²) in [7, 11) is -14.3. The summed E-state index contributed by atoms with van der Waals surface area (Å²) in [6.45, 7) is -0.617. The van der Waals surface area contributed by atoms with E-state index in [4.69, 9.17) is 35.5 Å². The quantitative estimate of drug-likeness (QED) is 0.0207. The van der Waals surface area contributed by atoms with Crippen molar-refractivity contribution in [2.45, 2.75) is 75.8 Å². The fraction of sp³-hybridized carbons (Fsp3) is 0.645. The first-order valence-electron chi connectivity index (χ1n) is 19.4. The van der Waals surface area contributed by atoms with E-state index in [0.717, 1.165) is 28.0 Å². The Balaban J connectivity index is 1.42. The molecule has 37 heteroatoms. The fourth-order valence-electron chi connectivity index (χ4n) is 5.49. The van der Waals surface area contributed by atoms with E-state index in [9.17, 15) is 72.2 Å².